The van der Waals surface area contributed by atoms with Crippen LogP contribution in [0.5, 0.6) is 0 Å². The van der Waals surface area contributed by atoms with Crippen molar-refractivity contribution >= 4 is 17.1 Å². The molecule has 1 fully saturated rings. The maximum absolute atomic E-state index is 12.0. The molecule has 94 valence electrons. The SMILES string of the molecule is CC(N)c1nc(C(=O)CC2CCOCC2)cs1. The summed E-state index contributed by atoms with van der Waals surface area (Å²) in [5.74, 6) is 0.594. The number of nitrogens with two attached hydrogens (primary N) is 1. The summed E-state index contributed by atoms with van der Waals surface area (Å²) >= 11 is 1.47. The van der Waals surface area contributed by atoms with Gasteiger partial charge < -0.3 is 10.5 Å². The van der Waals surface area contributed by atoms with Crippen LogP contribution in [0.4, 0.5) is 0 Å². The van der Waals surface area contributed by atoms with Crippen molar-refractivity contribution in [2.24, 2.45) is 11.7 Å². The van der Waals surface area contributed by atoms with Crippen molar-refractivity contribution in [3.05, 3.63) is 16.1 Å². The predicted octanol–water partition coefficient (Wildman–Crippen LogP) is 2.16. The van der Waals surface area contributed by atoms with Gasteiger partial charge in [0.15, 0.2) is 5.78 Å². The standard InChI is InChI=1S/C12H18N2O2S/c1-8(13)12-14-10(7-17-12)11(15)6-9-2-4-16-5-3-9/h7-9H,2-6,13H2,1H3. The summed E-state index contributed by atoms with van der Waals surface area (Å²) in [6.45, 7) is 3.44. The van der Waals surface area contributed by atoms with Crippen LogP contribution in [-0.2, 0) is 4.74 Å². The van der Waals surface area contributed by atoms with Gasteiger partial charge in [-0.25, -0.2) is 4.98 Å². The Balaban J connectivity index is 1.94. The van der Waals surface area contributed by atoms with Crippen molar-refractivity contribution < 1.29 is 9.53 Å². The molecule has 0 aromatic carbocycles. The third kappa shape index (κ3) is 3.34. The smallest absolute Gasteiger partial charge is 0.182 e. The van der Waals surface area contributed by atoms with Gasteiger partial charge in [0, 0.05) is 25.0 Å². The zero-order valence-electron chi connectivity index (χ0n) is 10.0. The van der Waals surface area contributed by atoms with E-state index in [2.05, 4.69) is 4.98 Å². The summed E-state index contributed by atoms with van der Waals surface area (Å²) in [5, 5.41) is 2.65. The van der Waals surface area contributed by atoms with E-state index in [9.17, 15) is 4.79 Å². The van der Waals surface area contributed by atoms with E-state index >= 15 is 0 Å². The summed E-state index contributed by atoms with van der Waals surface area (Å²) in [7, 11) is 0. The van der Waals surface area contributed by atoms with Crippen LogP contribution in [0, 0.1) is 5.92 Å². The van der Waals surface area contributed by atoms with Crippen LogP contribution in [-0.4, -0.2) is 24.0 Å². The summed E-state index contributed by atoms with van der Waals surface area (Å²) in [4.78, 5) is 16.3. The zero-order chi connectivity index (χ0) is 12.3. The minimum absolute atomic E-state index is 0.0929. The van der Waals surface area contributed by atoms with E-state index in [1.807, 2.05) is 12.3 Å². The molecule has 1 aromatic heterocycles. The van der Waals surface area contributed by atoms with Gasteiger partial charge in [-0.05, 0) is 25.7 Å². The van der Waals surface area contributed by atoms with Gasteiger partial charge in [0.25, 0.3) is 0 Å². The van der Waals surface area contributed by atoms with Crippen molar-refractivity contribution in [3.63, 3.8) is 0 Å². The normalized spacial score (nSPS) is 19.2. The molecule has 1 saturated heterocycles. The lowest BCUT2D eigenvalue weighted by molar-refractivity contribution is 0.0599. The molecule has 1 aliphatic rings. The average molecular weight is 254 g/mol. The van der Waals surface area contributed by atoms with Crippen LogP contribution in [0.1, 0.15) is 47.7 Å². The van der Waals surface area contributed by atoms with Crippen LogP contribution < -0.4 is 5.73 Å². The Kier molecular flexibility index (Phi) is 4.25. The fourth-order valence-electron chi connectivity index (χ4n) is 1.94. The third-order valence-corrected chi connectivity index (χ3v) is 4.06. The number of rotatable bonds is 4. The first-order chi connectivity index (χ1) is 8.16. The van der Waals surface area contributed by atoms with Crippen molar-refractivity contribution in [3.8, 4) is 0 Å². The molecule has 17 heavy (non-hydrogen) atoms. The summed E-state index contributed by atoms with van der Waals surface area (Å²) < 4.78 is 5.28. The van der Waals surface area contributed by atoms with Crippen LogP contribution in [0.25, 0.3) is 0 Å². The van der Waals surface area contributed by atoms with Crippen LogP contribution in [0.15, 0.2) is 5.38 Å². The molecule has 0 saturated carbocycles. The van der Waals surface area contributed by atoms with E-state index in [-0.39, 0.29) is 11.8 Å². The molecule has 5 heteroatoms. The second-order valence-corrected chi connectivity index (χ2v) is 5.43. The number of Topliss-reactive ketones (excluding diaryl/α,β-unsaturated/α-hetero) is 1. The van der Waals surface area contributed by atoms with Crippen LogP contribution >= 0.6 is 11.3 Å². The van der Waals surface area contributed by atoms with Gasteiger partial charge in [0.2, 0.25) is 0 Å². The Hall–Kier alpha value is -0.780. The molecule has 2 heterocycles. The third-order valence-electron chi connectivity index (χ3n) is 3.01. The second-order valence-electron chi connectivity index (χ2n) is 4.54. The average Bonchev–Trinajstić information content (AvgIpc) is 2.79. The lowest BCUT2D eigenvalue weighted by Crippen LogP contribution is -2.19. The fraction of sp³-hybridized carbons (Fsp3) is 0.667. The lowest BCUT2D eigenvalue weighted by atomic mass is 9.94. The zero-order valence-corrected chi connectivity index (χ0v) is 10.8. The maximum atomic E-state index is 12.0. The van der Waals surface area contributed by atoms with Gasteiger partial charge in [-0.2, -0.15) is 0 Å². The highest BCUT2D eigenvalue weighted by molar-refractivity contribution is 7.09. The van der Waals surface area contributed by atoms with E-state index in [1.54, 1.807) is 0 Å². The Morgan fingerprint density at radius 3 is 2.94 bits per heavy atom. The molecule has 0 radical (unpaired) electrons. The Morgan fingerprint density at radius 2 is 2.35 bits per heavy atom. The number of ether oxygens (including phenoxy) is 1. The first-order valence-electron chi connectivity index (χ1n) is 5.98. The minimum Gasteiger partial charge on any atom is -0.381 e. The van der Waals surface area contributed by atoms with E-state index in [4.69, 9.17) is 10.5 Å². The van der Waals surface area contributed by atoms with Crippen molar-refractivity contribution in [1.82, 2.24) is 4.98 Å². The number of carbonyl (C=O) groups is 1. The Labute approximate surface area is 105 Å². The molecule has 1 aromatic rings. The van der Waals surface area contributed by atoms with Gasteiger partial charge in [0.05, 0.1) is 6.04 Å². The van der Waals surface area contributed by atoms with Gasteiger partial charge >= 0.3 is 0 Å². The van der Waals surface area contributed by atoms with E-state index in [0.717, 1.165) is 31.1 Å². The molecular formula is C12H18N2O2S. The molecule has 0 aliphatic carbocycles. The monoisotopic (exact) mass is 254 g/mol. The molecule has 1 atom stereocenters. The van der Waals surface area contributed by atoms with E-state index in [1.165, 1.54) is 11.3 Å². The molecule has 1 aliphatic heterocycles. The summed E-state index contributed by atoms with van der Waals surface area (Å²) in [5.41, 5.74) is 6.31. The van der Waals surface area contributed by atoms with Crippen molar-refractivity contribution in [2.75, 3.05) is 13.2 Å². The van der Waals surface area contributed by atoms with Crippen LogP contribution in [0.3, 0.4) is 0 Å². The molecule has 2 rings (SSSR count). The van der Waals surface area contributed by atoms with Gasteiger partial charge in [-0.15, -0.1) is 11.3 Å². The summed E-state index contributed by atoms with van der Waals surface area (Å²) in [6.07, 6.45) is 2.55. The van der Waals surface area contributed by atoms with Crippen LogP contribution in [0.2, 0.25) is 0 Å². The molecular weight excluding hydrogens is 236 g/mol. The first kappa shape index (κ1) is 12.7. The van der Waals surface area contributed by atoms with Crippen molar-refractivity contribution in [1.29, 1.82) is 0 Å². The molecule has 1 unspecified atom stereocenters. The van der Waals surface area contributed by atoms with E-state index < -0.39 is 0 Å². The fourth-order valence-corrected chi connectivity index (χ4v) is 2.72. The van der Waals surface area contributed by atoms with Crippen molar-refractivity contribution in [2.45, 2.75) is 32.2 Å². The van der Waals surface area contributed by atoms with Gasteiger partial charge in [-0.1, -0.05) is 0 Å². The first-order valence-corrected chi connectivity index (χ1v) is 6.86. The number of nitrogens with zero attached hydrogens (tertiary/aromatic N) is 1. The topological polar surface area (TPSA) is 65.2 Å². The predicted molar refractivity (Wildman–Crippen MR) is 67.2 cm³/mol. The number of aromatic nitrogens is 1. The minimum atomic E-state index is -0.0929. The highest BCUT2D eigenvalue weighted by Crippen LogP contribution is 2.22. The molecule has 0 amide bonds. The number of carbonyl (C=O) groups excluding carboxylic acids is 1. The van der Waals surface area contributed by atoms with E-state index in [0.29, 0.717) is 18.0 Å². The number of ketones is 1. The second kappa shape index (κ2) is 5.71. The lowest BCUT2D eigenvalue weighted by Gasteiger charge is -2.20. The molecule has 2 N–H and O–H groups in total. The molecule has 0 bridgehead atoms. The number of thiazole rings is 1. The highest BCUT2D eigenvalue weighted by Gasteiger charge is 2.20. The largest absolute Gasteiger partial charge is 0.381 e. The quantitative estimate of drug-likeness (QED) is 0.836. The summed E-state index contributed by atoms with van der Waals surface area (Å²) in [6, 6.07) is -0.0929. The number of hydrogen-bond acceptors (Lipinski definition) is 5. The Morgan fingerprint density at radius 1 is 1.65 bits per heavy atom. The Bertz CT molecular complexity index is 384. The van der Waals surface area contributed by atoms with Gasteiger partial charge in [-0.3, -0.25) is 4.79 Å². The molecule has 4 nitrogen and oxygen atoms in total. The van der Waals surface area contributed by atoms with Gasteiger partial charge in [0.1, 0.15) is 10.7 Å². The highest BCUT2D eigenvalue weighted by atomic mass is 32.1. The molecule has 0 spiro atoms. The maximum Gasteiger partial charge on any atom is 0.182 e. The number of hydrogen-bond donors (Lipinski definition) is 1.